The smallest absolute Gasteiger partial charge is 0.315 e. The fraction of sp³-hybridized carbons (Fsp3) is 0.706. The number of amides is 2. The van der Waals surface area contributed by atoms with Crippen LogP contribution in [0.25, 0.3) is 0 Å². The number of carbonyl (C=O) groups excluding carboxylic acids is 1. The first-order valence-corrected chi connectivity index (χ1v) is 8.68. The molecule has 6 nitrogen and oxygen atoms in total. The maximum atomic E-state index is 12.3. The van der Waals surface area contributed by atoms with Crippen molar-refractivity contribution in [3.8, 4) is 0 Å². The molecule has 4 saturated carbocycles. The number of hydrogen-bond donors (Lipinski definition) is 2. The Labute approximate surface area is 135 Å². The molecule has 0 saturated heterocycles. The Morgan fingerprint density at radius 2 is 1.87 bits per heavy atom. The van der Waals surface area contributed by atoms with E-state index in [1.165, 1.54) is 42.4 Å². The van der Waals surface area contributed by atoms with Crippen molar-refractivity contribution in [3.05, 3.63) is 28.9 Å². The summed E-state index contributed by atoms with van der Waals surface area (Å²) in [6.07, 6.45) is 10.5. The molecule has 23 heavy (non-hydrogen) atoms. The summed E-state index contributed by atoms with van der Waals surface area (Å²) in [6.45, 7) is 0.880. The van der Waals surface area contributed by atoms with E-state index in [1.807, 2.05) is 0 Å². The fourth-order valence-electron chi connectivity index (χ4n) is 5.38. The summed E-state index contributed by atoms with van der Waals surface area (Å²) in [6, 6.07) is 1.33. The van der Waals surface area contributed by atoms with E-state index < -0.39 is 0 Å². The molecule has 0 spiro atoms. The van der Waals surface area contributed by atoms with E-state index in [9.17, 15) is 9.59 Å². The van der Waals surface area contributed by atoms with Crippen LogP contribution in [0.4, 0.5) is 4.79 Å². The summed E-state index contributed by atoms with van der Waals surface area (Å²) in [5, 5.41) is 6.17. The molecule has 0 aromatic carbocycles. The van der Waals surface area contributed by atoms with Gasteiger partial charge in [-0.05, 0) is 56.3 Å². The van der Waals surface area contributed by atoms with Crippen LogP contribution in [0.3, 0.4) is 0 Å². The monoisotopic (exact) mass is 316 g/mol. The Morgan fingerprint density at radius 1 is 1.22 bits per heavy atom. The Kier molecular flexibility index (Phi) is 3.62. The van der Waals surface area contributed by atoms with Gasteiger partial charge >= 0.3 is 6.03 Å². The van der Waals surface area contributed by atoms with E-state index in [1.54, 1.807) is 0 Å². The first kappa shape index (κ1) is 14.7. The number of hydrogen-bond acceptors (Lipinski definition) is 3. The number of urea groups is 1. The van der Waals surface area contributed by atoms with Gasteiger partial charge in [0.1, 0.15) is 0 Å². The predicted molar refractivity (Wildman–Crippen MR) is 85.9 cm³/mol. The van der Waals surface area contributed by atoms with Gasteiger partial charge in [0.25, 0.3) is 5.56 Å². The SMILES string of the molecule is O=C(NCCn1cnccc1=O)NC12CC3CC(CC(C3)C1)C2. The molecule has 1 heterocycles. The van der Waals surface area contributed by atoms with Crippen LogP contribution in [0.1, 0.15) is 38.5 Å². The Bertz CT molecular complexity index is 619. The molecule has 6 heteroatoms. The van der Waals surface area contributed by atoms with Crippen LogP contribution >= 0.6 is 0 Å². The van der Waals surface area contributed by atoms with E-state index in [2.05, 4.69) is 15.6 Å². The molecule has 0 unspecified atom stereocenters. The Hall–Kier alpha value is -1.85. The van der Waals surface area contributed by atoms with Crippen LogP contribution in [0.5, 0.6) is 0 Å². The van der Waals surface area contributed by atoms with Gasteiger partial charge in [0, 0.05) is 30.9 Å². The second-order valence-corrected chi connectivity index (χ2v) is 7.69. The molecule has 0 atom stereocenters. The molecule has 5 rings (SSSR count). The Balaban J connectivity index is 1.31. The highest BCUT2D eigenvalue weighted by molar-refractivity contribution is 5.74. The zero-order valence-corrected chi connectivity index (χ0v) is 13.3. The lowest BCUT2D eigenvalue weighted by Crippen LogP contribution is -2.61. The van der Waals surface area contributed by atoms with Gasteiger partial charge in [-0.15, -0.1) is 0 Å². The molecule has 2 N–H and O–H groups in total. The number of nitrogens with zero attached hydrogens (tertiary/aromatic N) is 2. The van der Waals surface area contributed by atoms with Gasteiger partial charge in [-0.3, -0.25) is 9.36 Å². The lowest BCUT2D eigenvalue weighted by molar-refractivity contribution is -0.0135. The molecular weight excluding hydrogens is 292 g/mol. The highest BCUT2D eigenvalue weighted by atomic mass is 16.2. The van der Waals surface area contributed by atoms with E-state index in [4.69, 9.17) is 0 Å². The van der Waals surface area contributed by atoms with Crippen molar-refractivity contribution in [3.63, 3.8) is 0 Å². The average molecular weight is 316 g/mol. The number of nitrogens with one attached hydrogen (secondary N) is 2. The Morgan fingerprint density at radius 3 is 2.48 bits per heavy atom. The van der Waals surface area contributed by atoms with E-state index in [0.717, 1.165) is 37.0 Å². The van der Waals surface area contributed by atoms with Gasteiger partial charge in [-0.25, -0.2) is 9.78 Å². The van der Waals surface area contributed by atoms with Crippen molar-refractivity contribution in [1.82, 2.24) is 20.2 Å². The molecule has 1 aromatic heterocycles. The number of carbonyl (C=O) groups is 1. The van der Waals surface area contributed by atoms with E-state index >= 15 is 0 Å². The second-order valence-electron chi connectivity index (χ2n) is 7.69. The summed E-state index contributed by atoms with van der Waals surface area (Å²) in [7, 11) is 0. The normalized spacial score (nSPS) is 34.3. The topological polar surface area (TPSA) is 76.0 Å². The van der Waals surface area contributed by atoms with Crippen molar-refractivity contribution in [1.29, 1.82) is 0 Å². The van der Waals surface area contributed by atoms with Crippen LogP contribution in [-0.4, -0.2) is 27.7 Å². The lowest BCUT2D eigenvalue weighted by Gasteiger charge is -2.56. The van der Waals surface area contributed by atoms with Gasteiger partial charge in [0.05, 0.1) is 6.33 Å². The van der Waals surface area contributed by atoms with E-state index in [0.29, 0.717) is 13.1 Å². The van der Waals surface area contributed by atoms with Crippen molar-refractivity contribution in [2.45, 2.75) is 50.6 Å². The van der Waals surface area contributed by atoms with E-state index in [-0.39, 0.29) is 17.1 Å². The number of rotatable bonds is 4. The van der Waals surface area contributed by atoms with Crippen LogP contribution in [0, 0.1) is 17.8 Å². The van der Waals surface area contributed by atoms with Crippen LogP contribution < -0.4 is 16.2 Å². The fourth-order valence-corrected chi connectivity index (χ4v) is 5.38. The maximum Gasteiger partial charge on any atom is 0.315 e. The molecule has 0 radical (unpaired) electrons. The number of aromatic nitrogens is 2. The van der Waals surface area contributed by atoms with Gasteiger partial charge < -0.3 is 10.6 Å². The second kappa shape index (κ2) is 5.65. The minimum absolute atomic E-state index is 0.0317. The summed E-state index contributed by atoms with van der Waals surface area (Å²) < 4.78 is 1.50. The van der Waals surface area contributed by atoms with Crippen molar-refractivity contribution in [2.24, 2.45) is 17.8 Å². The third-order valence-corrected chi connectivity index (χ3v) is 5.85. The molecule has 4 bridgehead atoms. The highest BCUT2D eigenvalue weighted by Gasteiger charge is 2.51. The molecule has 4 fully saturated rings. The molecule has 124 valence electrons. The molecule has 2 amide bonds. The summed E-state index contributed by atoms with van der Waals surface area (Å²) >= 11 is 0. The van der Waals surface area contributed by atoms with Gasteiger partial charge in [0.2, 0.25) is 0 Å². The van der Waals surface area contributed by atoms with Crippen LogP contribution in [-0.2, 0) is 6.54 Å². The van der Waals surface area contributed by atoms with Gasteiger partial charge in [-0.1, -0.05) is 0 Å². The van der Waals surface area contributed by atoms with Gasteiger partial charge in [0.15, 0.2) is 0 Å². The van der Waals surface area contributed by atoms with Crippen molar-refractivity contribution >= 4 is 6.03 Å². The molecule has 4 aliphatic rings. The minimum Gasteiger partial charge on any atom is -0.336 e. The zero-order valence-electron chi connectivity index (χ0n) is 13.3. The predicted octanol–water partition coefficient (Wildman–Crippen LogP) is 1.51. The highest BCUT2D eigenvalue weighted by Crippen LogP contribution is 2.55. The molecule has 0 aliphatic heterocycles. The van der Waals surface area contributed by atoms with Crippen molar-refractivity contribution in [2.75, 3.05) is 6.54 Å². The first-order chi connectivity index (χ1) is 11.1. The maximum absolute atomic E-state index is 12.3. The minimum atomic E-state index is -0.0942. The zero-order chi connectivity index (χ0) is 15.9. The van der Waals surface area contributed by atoms with Crippen LogP contribution in [0.2, 0.25) is 0 Å². The lowest BCUT2D eigenvalue weighted by atomic mass is 9.53. The quantitative estimate of drug-likeness (QED) is 0.884. The van der Waals surface area contributed by atoms with Gasteiger partial charge in [-0.2, -0.15) is 0 Å². The van der Waals surface area contributed by atoms with Crippen molar-refractivity contribution < 1.29 is 4.79 Å². The summed E-state index contributed by atoms with van der Waals surface area (Å²) in [4.78, 5) is 27.8. The average Bonchev–Trinajstić information content (AvgIpc) is 2.47. The summed E-state index contributed by atoms with van der Waals surface area (Å²) in [5.41, 5.74) is -0.0625. The molecule has 1 aromatic rings. The molecule has 4 aliphatic carbocycles. The standard InChI is InChI=1S/C17H24N4O2/c22-15-1-2-18-11-21(15)4-3-19-16(23)20-17-8-12-5-13(9-17)7-14(6-12)10-17/h1-2,11-14H,3-10H2,(H2,19,20,23). The third kappa shape index (κ3) is 2.99. The third-order valence-electron chi connectivity index (χ3n) is 5.85. The van der Waals surface area contributed by atoms with Crippen LogP contribution in [0.15, 0.2) is 23.4 Å². The molecular formula is C17H24N4O2. The first-order valence-electron chi connectivity index (χ1n) is 8.68. The summed E-state index contributed by atoms with van der Waals surface area (Å²) in [5.74, 6) is 2.45. The largest absolute Gasteiger partial charge is 0.336 e.